The Kier molecular flexibility index (Phi) is 8.26. The Bertz CT molecular complexity index is 1050. The topological polar surface area (TPSA) is 57.9 Å². The highest BCUT2D eigenvalue weighted by atomic mass is 32.1. The fourth-order valence-electron chi connectivity index (χ4n) is 3.12. The van der Waals surface area contributed by atoms with E-state index >= 15 is 0 Å². The number of nitrogens with one attached hydrogen (secondary N) is 1. The molecule has 1 heterocycles. The van der Waals surface area contributed by atoms with Gasteiger partial charge in [-0.2, -0.15) is 5.26 Å². The van der Waals surface area contributed by atoms with E-state index < -0.39 is 0 Å². The second kappa shape index (κ2) is 11.3. The number of allylic oxidation sites excluding steroid dienone is 1. The lowest BCUT2D eigenvalue weighted by Crippen LogP contribution is -1.97. The molecule has 0 spiro atoms. The van der Waals surface area contributed by atoms with Crippen molar-refractivity contribution in [2.45, 2.75) is 40.0 Å². The second-order valence-electron chi connectivity index (χ2n) is 7.88. The number of hydrogen-bond acceptors (Lipinski definition) is 5. The van der Waals surface area contributed by atoms with Crippen molar-refractivity contribution in [2.75, 3.05) is 11.9 Å². The molecule has 1 aromatic heterocycles. The molecule has 0 amide bonds. The summed E-state index contributed by atoms with van der Waals surface area (Å²) >= 11 is 1.48. The first-order valence-electron chi connectivity index (χ1n) is 10.7. The molecule has 1 N–H and O–H groups in total. The summed E-state index contributed by atoms with van der Waals surface area (Å²) in [5.74, 6) is 1.46. The summed E-state index contributed by atoms with van der Waals surface area (Å²) in [5.41, 5.74) is 4.67. The molecule has 3 aromatic rings. The van der Waals surface area contributed by atoms with Gasteiger partial charge in [0.05, 0.1) is 12.3 Å². The number of thiazole rings is 1. The molecule has 0 radical (unpaired) electrons. The van der Waals surface area contributed by atoms with Crippen LogP contribution in [0.25, 0.3) is 16.8 Å². The van der Waals surface area contributed by atoms with Gasteiger partial charge in [0.15, 0.2) is 0 Å². The highest BCUT2D eigenvalue weighted by Crippen LogP contribution is 2.27. The van der Waals surface area contributed by atoms with Gasteiger partial charge in [-0.15, -0.1) is 11.3 Å². The lowest BCUT2D eigenvalue weighted by molar-refractivity contribution is 0.309. The van der Waals surface area contributed by atoms with Gasteiger partial charge in [0.1, 0.15) is 22.4 Å². The zero-order valence-corrected chi connectivity index (χ0v) is 19.2. The van der Waals surface area contributed by atoms with Crippen molar-refractivity contribution in [3.8, 4) is 23.1 Å². The van der Waals surface area contributed by atoms with Crippen LogP contribution in [-0.4, -0.2) is 11.6 Å². The SMILES string of the molecule is CCCCOc1cccc(N/C=C(\C#N)c2nc(-c3ccc(CC(C)C)cc3)cs2)c1. The number of nitriles is 1. The number of anilines is 1. The van der Waals surface area contributed by atoms with Gasteiger partial charge in [-0.05, 0) is 36.5 Å². The zero-order valence-electron chi connectivity index (χ0n) is 18.4. The fourth-order valence-corrected chi connectivity index (χ4v) is 3.92. The van der Waals surface area contributed by atoms with Crippen LogP contribution in [0.15, 0.2) is 60.1 Å². The Morgan fingerprint density at radius 1 is 1.23 bits per heavy atom. The van der Waals surface area contributed by atoms with Crippen LogP contribution in [0.3, 0.4) is 0 Å². The van der Waals surface area contributed by atoms with Crippen LogP contribution in [0, 0.1) is 17.2 Å². The average molecular weight is 432 g/mol. The van der Waals surface area contributed by atoms with E-state index in [2.05, 4.69) is 61.4 Å². The van der Waals surface area contributed by atoms with Crippen LogP contribution in [0.1, 0.15) is 44.2 Å². The number of benzene rings is 2. The summed E-state index contributed by atoms with van der Waals surface area (Å²) < 4.78 is 5.75. The minimum Gasteiger partial charge on any atom is -0.494 e. The number of aromatic nitrogens is 1. The van der Waals surface area contributed by atoms with E-state index in [0.717, 1.165) is 42.0 Å². The van der Waals surface area contributed by atoms with Gasteiger partial charge in [-0.25, -0.2) is 4.98 Å². The first kappa shape index (κ1) is 22.6. The Morgan fingerprint density at radius 3 is 2.74 bits per heavy atom. The molecule has 2 aromatic carbocycles. The van der Waals surface area contributed by atoms with Crippen LogP contribution in [-0.2, 0) is 6.42 Å². The fraction of sp³-hybridized carbons (Fsp3) is 0.308. The van der Waals surface area contributed by atoms with Crippen molar-refractivity contribution in [2.24, 2.45) is 5.92 Å². The van der Waals surface area contributed by atoms with Crippen LogP contribution in [0.4, 0.5) is 5.69 Å². The zero-order chi connectivity index (χ0) is 22.1. The molecule has 160 valence electrons. The third kappa shape index (κ3) is 6.70. The molecule has 31 heavy (non-hydrogen) atoms. The standard InChI is InChI=1S/C26H29N3OS/c1-4-5-13-30-24-8-6-7-23(15-24)28-17-22(16-27)26-29-25(18-31-26)21-11-9-20(10-12-21)14-19(2)3/h6-12,15,17-19,28H,4-5,13-14H2,1-3H3/b22-17+. The maximum absolute atomic E-state index is 9.64. The normalized spacial score (nSPS) is 11.4. The van der Waals surface area contributed by atoms with E-state index in [4.69, 9.17) is 4.74 Å². The summed E-state index contributed by atoms with van der Waals surface area (Å²) in [5, 5.41) is 15.5. The molecular weight excluding hydrogens is 402 g/mol. The molecule has 0 aliphatic rings. The monoisotopic (exact) mass is 431 g/mol. The van der Waals surface area contributed by atoms with Crippen molar-refractivity contribution in [3.05, 3.63) is 70.7 Å². The van der Waals surface area contributed by atoms with E-state index in [1.54, 1.807) is 6.20 Å². The molecule has 0 bridgehead atoms. The summed E-state index contributed by atoms with van der Waals surface area (Å²) in [6.07, 6.45) is 4.91. The number of nitrogens with zero attached hydrogens (tertiary/aromatic N) is 2. The molecule has 0 saturated heterocycles. The predicted molar refractivity (Wildman–Crippen MR) is 130 cm³/mol. The van der Waals surface area contributed by atoms with Gasteiger partial charge in [-0.3, -0.25) is 0 Å². The van der Waals surface area contributed by atoms with E-state index in [1.165, 1.54) is 16.9 Å². The summed E-state index contributed by atoms with van der Waals surface area (Å²) in [6.45, 7) is 7.29. The summed E-state index contributed by atoms with van der Waals surface area (Å²) in [4.78, 5) is 4.69. The predicted octanol–water partition coefficient (Wildman–Crippen LogP) is 7.16. The number of rotatable bonds is 10. The highest BCUT2D eigenvalue weighted by Gasteiger charge is 2.09. The Hall–Kier alpha value is -3.10. The third-order valence-corrected chi connectivity index (χ3v) is 5.61. The molecule has 0 saturated carbocycles. The summed E-state index contributed by atoms with van der Waals surface area (Å²) in [7, 11) is 0. The molecular formula is C26H29N3OS. The Balaban J connectivity index is 1.69. The van der Waals surface area contributed by atoms with Crippen LogP contribution >= 0.6 is 11.3 Å². The molecule has 0 fully saturated rings. The molecule has 0 atom stereocenters. The second-order valence-corrected chi connectivity index (χ2v) is 8.73. The minimum atomic E-state index is 0.505. The van der Waals surface area contributed by atoms with E-state index in [-0.39, 0.29) is 0 Å². The third-order valence-electron chi connectivity index (χ3n) is 4.73. The van der Waals surface area contributed by atoms with Gasteiger partial charge in [0.25, 0.3) is 0 Å². The lowest BCUT2D eigenvalue weighted by atomic mass is 10.0. The minimum absolute atomic E-state index is 0.505. The maximum Gasteiger partial charge on any atom is 0.136 e. The van der Waals surface area contributed by atoms with Crippen molar-refractivity contribution in [1.29, 1.82) is 5.26 Å². The van der Waals surface area contributed by atoms with Crippen LogP contribution in [0.2, 0.25) is 0 Å². The number of ether oxygens (including phenoxy) is 1. The van der Waals surface area contributed by atoms with Crippen molar-refractivity contribution in [3.63, 3.8) is 0 Å². The molecule has 5 heteroatoms. The van der Waals surface area contributed by atoms with Crippen molar-refractivity contribution >= 4 is 22.6 Å². The first-order valence-corrected chi connectivity index (χ1v) is 11.6. The maximum atomic E-state index is 9.64. The van der Waals surface area contributed by atoms with Gasteiger partial charge >= 0.3 is 0 Å². The van der Waals surface area contributed by atoms with Gasteiger partial charge in [0.2, 0.25) is 0 Å². The van der Waals surface area contributed by atoms with E-state index in [1.807, 2.05) is 29.6 Å². The van der Waals surface area contributed by atoms with Gasteiger partial charge in [0, 0.05) is 28.9 Å². The Morgan fingerprint density at radius 2 is 2.03 bits per heavy atom. The molecule has 4 nitrogen and oxygen atoms in total. The molecule has 0 aliphatic carbocycles. The molecule has 3 rings (SSSR count). The number of hydrogen-bond donors (Lipinski definition) is 1. The van der Waals surface area contributed by atoms with Crippen molar-refractivity contribution in [1.82, 2.24) is 4.98 Å². The van der Waals surface area contributed by atoms with E-state index in [0.29, 0.717) is 23.1 Å². The molecule has 0 unspecified atom stereocenters. The lowest BCUT2D eigenvalue weighted by Gasteiger charge is -2.07. The van der Waals surface area contributed by atoms with Gasteiger partial charge < -0.3 is 10.1 Å². The summed E-state index contributed by atoms with van der Waals surface area (Å²) in [6, 6.07) is 18.6. The average Bonchev–Trinajstić information content (AvgIpc) is 3.25. The Labute approximate surface area is 189 Å². The number of unbranched alkanes of at least 4 members (excludes halogenated alkanes) is 1. The van der Waals surface area contributed by atoms with E-state index in [9.17, 15) is 5.26 Å². The highest BCUT2D eigenvalue weighted by molar-refractivity contribution is 7.11. The quantitative estimate of drug-likeness (QED) is 0.273. The smallest absolute Gasteiger partial charge is 0.136 e. The van der Waals surface area contributed by atoms with Crippen LogP contribution < -0.4 is 10.1 Å². The largest absolute Gasteiger partial charge is 0.494 e. The molecule has 0 aliphatic heterocycles. The first-order chi connectivity index (χ1) is 15.1. The van der Waals surface area contributed by atoms with Crippen LogP contribution in [0.5, 0.6) is 5.75 Å². The van der Waals surface area contributed by atoms with Gasteiger partial charge in [-0.1, -0.05) is 57.5 Å². The van der Waals surface area contributed by atoms with Crippen molar-refractivity contribution < 1.29 is 4.74 Å².